The zero-order valence-corrected chi connectivity index (χ0v) is 15.9. The van der Waals surface area contributed by atoms with Crippen LogP contribution in [0.2, 0.25) is 0 Å². The fourth-order valence-electron chi connectivity index (χ4n) is 1.92. The molecule has 0 amide bonds. The van der Waals surface area contributed by atoms with E-state index in [0.717, 1.165) is 17.8 Å². The van der Waals surface area contributed by atoms with Gasteiger partial charge in [0.25, 0.3) is 0 Å². The van der Waals surface area contributed by atoms with Crippen molar-refractivity contribution in [2.75, 3.05) is 13.6 Å². The molecule has 120 valence electrons. The van der Waals surface area contributed by atoms with E-state index in [-0.39, 0.29) is 0 Å². The topological polar surface area (TPSA) is 49.4 Å². The number of halogens is 1. The lowest BCUT2D eigenvalue weighted by Crippen LogP contribution is -2.28. The van der Waals surface area contributed by atoms with E-state index in [0.29, 0.717) is 27.2 Å². The molecule has 1 aliphatic rings. The van der Waals surface area contributed by atoms with Crippen molar-refractivity contribution < 1.29 is 8.42 Å². The Kier molecular flexibility index (Phi) is 5.87. The molecule has 2 rings (SSSR count). The Balaban J connectivity index is 2.07. The first-order chi connectivity index (χ1) is 9.80. The van der Waals surface area contributed by atoms with Crippen LogP contribution in [-0.2, 0) is 16.6 Å². The van der Waals surface area contributed by atoms with E-state index in [2.05, 4.69) is 35.1 Å². The fourth-order valence-corrected chi connectivity index (χ4v) is 5.69. The van der Waals surface area contributed by atoms with Gasteiger partial charge in [0.15, 0.2) is 0 Å². The van der Waals surface area contributed by atoms with Gasteiger partial charge in [-0.3, -0.25) is 0 Å². The molecular formula is C14H23BrN2O2S2. The number of hydrogen-bond acceptors (Lipinski definition) is 4. The van der Waals surface area contributed by atoms with E-state index in [1.165, 1.54) is 28.5 Å². The molecule has 7 heteroatoms. The molecule has 1 N–H and O–H groups in total. The number of sulfonamides is 1. The molecule has 0 aromatic carbocycles. The first-order valence-electron chi connectivity index (χ1n) is 7.28. The van der Waals surface area contributed by atoms with Crippen LogP contribution in [0, 0.1) is 5.92 Å². The molecule has 1 aliphatic carbocycles. The molecule has 0 aliphatic heterocycles. The highest BCUT2D eigenvalue weighted by molar-refractivity contribution is 9.11. The third-order valence-electron chi connectivity index (χ3n) is 3.56. The Hall–Kier alpha value is 0.0500. The summed E-state index contributed by atoms with van der Waals surface area (Å²) < 4.78 is 27.4. The van der Waals surface area contributed by atoms with E-state index < -0.39 is 10.0 Å². The predicted octanol–water partition coefficient (Wildman–Crippen LogP) is 3.43. The second-order valence-electron chi connectivity index (χ2n) is 6.01. The van der Waals surface area contributed by atoms with E-state index in [9.17, 15) is 8.42 Å². The molecule has 0 atom stereocenters. The summed E-state index contributed by atoms with van der Waals surface area (Å²) in [6, 6.07) is 2.42. The molecule has 0 bridgehead atoms. The zero-order chi connectivity index (χ0) is 15.6. The summed E-state index contributed by atoms with van der Waals surface area (Å²) in [6.45, 7) is 5.50. The summed E-state index contributed by atoms with van der Waals surface area (Å²) in [5.74, 6) is 0.492. The molecule has 0 saturated heterocycles. The first-order valence-corrected chi connectivity index (χ1v) is 10.3. The highest BCUT2D eigenvalue weighted by atomic mass is 79.9. The van der Waals surface area contributed by atoms with Gasteiger partial charge in [0.2, 0.25) is 10.0 Å². The Labute approximate surface area is 140 Å². The molecule has 1 heterocycles. The molecule has 1 aromatic heterocycles. The SMILES string of the molecule is CC(C)CCN(C)S(=O)(=O)c1cc(CNC2CC2)sc1Br. The third-order valence-corrected chi connectivity index (χ3v) is 7.67. The van der Waals surface area contributed by atoms with E-state index in [1.54, 1.807) is 13.1 Å². The highest BCUT2D eigenvalue weighted by Crippen LogP contribution is 2.34. The van der Waals surface area contributed by atoms with Crippen LogP contribution in [0.25, 0.3) is 0 Å². The van der Waals surface area contributed by atoms with Crippen LogP contribution in [0.5, 0.6) is 0 Å². The molecule has 4 nitrogen and oxygen atoms in total. The van der Waals surface area contributed by atoms with E-state index in [4.69, 9.17) is 0 Å². The van der Waals surface area contributed by atoms with Crippen LogP contribution >= 0.6 is 27.3 Å². The number of rotatable bonds is 8. The molecule has 1 saturated carbocycles. The quantitative estimate of drug-likeness (QED) is 0.734. The summed E-state index contributed by atoms with van der Waals surface area (Å²) in [4.78, 5) is 1.45. The third kappa shape index (κ3) is 4.76. The second-order valence-corrected chi connectivity index (χ2v) is 10.5. The number of nitrogens with one attached hydrogen (secondary N) is 1. The van der Waals surface area contributed by atoms with Crippen molar-refractivity contribution in [3.05, 3.63) is 14.7 Å². The lowest BCUT2D eigenvalue weighted by Gasteiger charge is -2.17. The van der Waals surface area contributed by atoms with Gasteiger partial charge in [0, 0.05) is 31.1 Å². The minimum atomic E-state index is -3.40. The number of nitrogens with zero attached hydrogens (tertiary/aromatic N) is 1. The summed E-state index contributed by atoms with van der Waals surface area (Å²) in [6.07, 6.45) is 3.33. The summed E-state index contributed by atoms with van der Waals surface area (Å²) in [7, 11) is -1.74. The summed E-state index contributed by atoms with van der Waals surface area (Å²) in [5.41, 5.74) is 0. The van der Waals surface area contributed by atoms with Crippen LogP contribution in [0.3, 0.4) is 0 Å². The molecule has 21 heavy (non-hydrogen) atoms. The Morgan fingerprint density at radius 3 is 2.71 bits per heavy atom. The number of thiophene rings is 1. The van der Waals surface area contributed by atoms with Gasteiger partial charge in [0.1, 0.15) is 4.90 Å². The van der Waals surface area contributed by atoms with Crippen LogP contribution in [0.1, 0.15) is 38.0 Å². The summed E-state index contributed by atoms with van der Waals surface area (Å²) >= 11 is 4.91. The Bertz CT molecular complexity index is 580. The Morgan fingerprint density at radius 2 is 2.14 bits per heavy atom. The minimum absolute atomic E-state index is 0.395. The molecular weight excluding hydrogens is 372 g/mol. The molecule has 0 unspecified atom stereocenters. The molecule has 1 aromatic rings. The average molecular weight is 395 g/mol. The van der Waals surface area contributed by atoms with Crippen LogP contribution in [0.4, 0.5) is 0 Å². The monoisotopic (exact) mass is 394 g/mol. The highest BCUT2D eigenvalue weighted by Gasteiger charge is 2.26. The van der Waals surface area contributed by atoms with E-state index >= 15 is 0 Å². The van der Waals surface area contributed by atoms with Crippen molar-refractivity contribution in [3.63, 3.8) is 0 Å². The van der Waals surface area contributed by atoms with Crippen molar-refractivity contribution in [2.24, 2.45) is 5.92 Å². The largest absolute Gasteiger partial charge is 0.309 e. The van der Waals surface area contributed by atoms with Crippen molar-refractivity contribution in [3.8, 4) is 0 Å². The van der Waals surface area contributed by atoms with Crippen LogP contribution in [0.15, 0.2) is 14.7 Å². The molecule has 0 spiro atoms. The van der Waals surface area contributed by atoms with Crippen molar-refractivity contribution in [1.29, 1.82) is 0 Å². The van der Waals surface area contributed by atoms with Gasteiger partial charge in [-0.1, -0.05) is 13.8 Å². The molecule has 0 radical (unpaired) electrons. The minimum Gasteiger partial charge on any atom is -0.309 e. The number of hydrogen-bond donors (Lipinski definition) is 1. The predicted molar refractivity (Wildman–Crippen MR) is 91.2 cm³/mol. The van der Waals surface area contributed by atoms with Gasteiger partial charge < -0.3 is 5.32 Å². The van der Waals surface area contributed by atoms with Gasteiger partial charge in [-0.25, -0.2) is 12.7 Å². The standard InChI is InChI=1S/C14H23BrN2O2S2/c1-10(2)6-7-17(3)21(18,19)13-8-12(20-14(13)15)9-16-11-4-5-11/h8,10-11,16H,4-7,9H2,1-3H3. The van der Waals surface area contributed by atoms with Crippen LogP contribution in [-0.4, -0.2) is 32.4 Å². The van der Waals surface area contributed by atoms with Gasteiger partial charge >= 0.3 is 0 Å². The van der Waals surface area contributed by atoms with Gasteiger partial charge in [0.05, 0.1) is 3.79 Å². The van der Waals surface area contributed by atoms with Crippen LogP contribution < -0.4 is 5.32 Å². The van der Waals surface area contributed by atoms with Gasteiger partial charge in [-0.15, -0.1) is 11.3 Å². The lowest BCUT2D eigenvalue weighted by atomic mass is 10.1. The lowest BCUT2D eigenvalue weighted by molar-refractivity contribution is 0.428. The maximum absolute atomic E-state index is 12.6. The van der Waals surface area contributed by atoms with Gasteiger partial charge in [-0.05, 0) is 47.2 Å². The fraction of sp³-hybridized carbons (Fsp3) is 0.714. The van der Waals surface area contributed by atoms with Crippen molar-refractivity contribution >= 4 is 37.3 Å². The maximum Gasteiger partial charge on any atom is 0.244 e. The Morgan fingerprint density at radius 1 is 1.48 bits per heavy atom. The second kappa shape index (κ2) is 7.08. The van der Waals surface area contributed by atoms with Crippen molar-refractivity contribution in [1.82, 2.24) is 9.62 Å². The van der Waals surface area contributed by atoms with E-state index in [1.807, 2.05) is 0 Å². The summed E-state index contributed by atoms with van der Waals surface area (Å²) in [5, 5.41) is 3.42. The zero-order valence-electron chi connectivity index (χ0n) is 12.7. The average Bonchev–Trinajstić information content (AvgIpc) is 3.15. The normalized spacial score (nSPS) is 16.1. The van der Waals surface area contributed by atoms with Gasteiger partial charge in [-0.2, -0.15) is 0 Å². The maximum atomic E-state index is 12.6. The molecule has 1 fully saturated rings. The van der Waals surface area contributed by atoms with Crippen molar-refractivity contribution in [2.45, 2.75) is 50.6 Å². The first kappa shape index (κ1) is 17.4. The smallest absolute Gasteiger partial charge is 0.244 e.